The number of nitrogens with one attached hydrogen (secondary N) is 2. The number of hydrogen-bond acceptors (Lipinski definition) is 5. The molecule has 2 aromatic carbocycles. The Balaban J connectivity index is 1.48. The van der Waals surface area contributed by atoms with Crippen molar-refractivity contribution < 1.29 is 18.9 Å². The number of aromatic nitrogens is 1. The highest BCUT2D eigenvalue weighted by molar-refractivity contribution is 6.07. The molecule has 0 spiro atoms. The number of rotatable bonds is 6. The zero-order chi connectivity index (χ0) is 22.9. The quantitative estimate of drug-likeness (QED) is 0.575. The first kappa shape index (κ1) is 21.3. The molecule has 1 aliphatic heterocycles. The van der Waals surface area contributed by atoms with Gasteiger partial charge in [0, 0.05) is 5.69 Å². The van der Waals surface area contributed by atoms with E-state index < -0.39 is 11.6 Å². The molecule has 2 heterocycles. The Hall–Kier alpha value is -3.94. The first-order valence-corrected chi connectivity index (χ1v) is 10.4. The van der Waals surface area contributed by atoms with Crippen LogP contribution in [-0.2, 0) is 16.9 Å². The van der Waals surface area contributed by atoms with Gasteiger partial charge in [-0.3, -0.25) is 14.5 Å². The van der Waals surface area contributed by atoms with Crippen molar-refractivity contribution in [2.45, 2.75) is 39.3 Å². The second-order valence-electron chi connectivity index (χ2n) is 7.80. The summed E-state index contributed by atoms with van der Waals surface area (Å²) in [5, 5.41) is 9.49. The summed E-state index contributed by atoms with van der Waals surface area (Å²) in [6.07, 6.45) is 0.449. The van der Waals surface area contributed by atoms with E-state index in [1.165, 1.54) is 4.90 Å². The van der Waals surface area contributed by atoms with Crippen LogP contribution in [0.2, 0.25) is 0 Å². The molecule has 8 heteroatoms. The molecule has 1 saturated heterocycles. The minimum absolute atomic E-state index is 0.136. The van der Waals surface area contributed by atoms with Crippen molar-refractivity contribution in [2.24, 2.45) is 0 Å². The molecule has 1 atom stereocenters. The van der Waals surface area contributed by atoms with Gasteiger partial charge in [0.2, 0.25) is 0 Å². The van der Waals surface area contributed by atoms with Crippen LogP contribution in [0.3, 0.4) is 0 Å². The summed E-state index contributed by atoms with van der Waals surface area (Å²) in [6, 6.07) is 15.9. The standard InChI is InChI=1S/C24H24N4O4/c1-4-24(18-8-6-5-7-9-18)22(30)28(23(31)26-24)14-17-10-12-19(13-11-17)25-21(29)20-15(2)27-32-16(20)3/h5-13H,4,14H2,1-3H3,(H,25,29)(H,26,31). The Morgan fingerprint density at radius 1 is 1.09 bits per heavy atom. The van der Waals surface area contributed by atoms with E-state index in [2.05, 4.69) is 15.8 Å². The molecule has 2 N–H and O–H groups in total. The van der Waals surface area contributed by atoms with E-state index in [0.29, 0.717) is 29.1 Å². The van der Waals surface area contributed by atoms with E-state index in [1.54, 1.807) is 38.1 Å². The van der Waals surface area contributed by atoms with Gasteiger partial charge in [-0.25, -0.2) is 4.79 Å². The van der Waals surface area contributed by atoms with Gasteiger partial charge in [0.15, 0.2) is 0 Å². The predicted octanol–water partition coefficient (Wildman–Crippen LogP) is 3.90. The largest absolute Gasteiger partial charge is 0.361 e. The molecule has 1 unspecified atom stereocenters. The second kappa shape index (κ2) is 8.30. The van der Waals surface area contributed by atoms with Crippen LogP contribution in [0.15, 0.2) is 59.1 Å². The lowest BCUT2D eigenvalue weighted by atomic mass is 9.87. The summed E-state index contributed by atoms with van der Waals surface area (Å²) in [7, 11) is 0. The molecule has 0 saturated carbocycles. The van der Waals surface area contributed by atoms with Crippen molar-refractivity contribution in [2.75, 3.05) is 5.32 Å². The van der Waals surface area contributed by atoms with Gasteiger partial charge in [0.25, 0.3) is 11.8 Å². The fourth-order valence-electron chi connectivity index (χ4n) is 4.01. The Morgan fingerprint density at radius 2 is 1.78 bits per heavy atom. The molecule has 4 rings (SSSR count). The zero-order valence-electron chi connectivity index (χ0n) is 18.1. The number of carbonyl (C=O) groups excluding carboxylic acids is 3. The molecule has 164 valence electrons. The van der Waals surface area contributed by atoms with Crippen LogP contribution < -0.4 is 10.6 Å². The maximum atomic E-state index is 13.3. The van der Waals surface area contributed by atoms with Crippen molar-refractivity contribution in [3.05, 3.63) is 82.7 Å². The lowest BCUT2D eigenvalue weighted by Crippen LogP contribution is -2.43. The lowest BCUT2D eigenvalue weighted by molar-refractivity contribution is -0.132. The van der Waals surface area contributed by atoms with Crippen LogP contribution in [0.5, 0.6) is 0 Å². The first-order chi connectivity index (χ1) is 15.4. The maximum Gasteiger partial charge on any atom is 0.325 e. The van der Waals surface area contributed by atoms with Gasteiger partial charge in [0.05, 0.1) is 12.2 Å². The topological polar surface area (TPSA) is 105 Å². The summed E-state index contributed by atoms with van der Waals surface area (Å²) in [5.74, 6) is -0.126. The van der Waals surface area contributed by atoms with Crippen LogP contribution in [0.25, 0.3) is 0 Å². The summed E-state index contributed by atoms with van der Waals surface area (Å²) < 4.78 is 5.04. The molecule has 1 aliphatic rings. The number of carbonyl (C=O) groups is 3. The zero-order valence-corrected chi connectivity index (χ0v) is 18.1. The number of benzene rings is 2. The fourth-order valence-corrected chi connectivity index (χ4v) is 4.01. The molecule has 0 radical (unpaired) electrons. The Morgan fingerprint density at radius 3 is 2.38 bits per heavy atom. The Kier molecular flexibility index (Phi) is 5.52. The maximum absolute atomic E-state index is 13.3. The van der Waals surface area contributed by atoms with Crippen LogP contribution in [0, 0.1) is 13.8 Å². The number of hydrogen-bond donors (Lipinski definition) is 2. The third kappa shape index (κ3) is 3.64. The Bertz CT molecular complexity index is 1150. The highest BCUT2D eigenvalue weighted by atomic mass is 16.5. The van der Waals surface area contributed by atoms with Crippen molar-refractivity contribution in [1.82, 2.24) is 15.4 Å². The summed E-state index contributed by atoms with van der Waals surface area (Å²) in [4.78, 5) is 39.6. The molecule has 8 nitrogen and oxygen atoms in total. The van der Waals surface area contributed by atoms with E-state index in [0.717, 1.165) is 11.1 Å². The van der Waals surface area contributed by atoms with Gasteiger partial charge < -0.3 is 15.2 Å². The van der Waals surface area contributed by atoms with Gasteiger partial charge in [-0.2, -0.15) is 0 Å². The summed E-state index contributed by atoms with van der Waals surface area (Å²) >= 11 is 0. The van der Waals surface area contributed by atoms with Crippen molar-refractivity contribution in [1.29, 1.82) is 0 Å². The molecule has 32 heavy (non-hydrogen) atoms. The molecule has 3 aromatic rings. The van der Waals surface area contributed by atoms with Crippen LogP contribution >= 0.6 is 0 Å². The van der Waals surface area contributed by atoms with E-state index in [1.807, 2.05) is 37.3 Å². The van der Waals surface area contributed by atoms with Crippen LogP contribution in [-0.4, -0.2) is 27.9 Å². The highest BCUT2D eigenvalue weighted by Crippen LogP contribution is 2.33. The van der Waals surface area contributed by atoms with E-state index in [-0.39, 0.29) is 18.4 Å². The molecule has 1 fully saturated rings. The number of urea groups is 1. The fraction of sp³-hybridized carbons (Fsp3) is 0.250. The molecule has 0 aliphatic carbocycles. The van der Waals surface area contributed by atoms with Gasteiger partial charge >= 0.3 is 6.03 Å². The van der Waals surface area contributed by atoms with Gasteiger partial charge in [-0.1, -0.05) is 54.5 Å². The number of nitrogens with zero attached hydrogens (tertiary/aromatic N) is 2. The van der Waals surface area contributed by atoms with E-state index >= 15 is 0 Å². The second-order valence-corrected chi connectivity index (χ2v) is 7.80. The molecular weight excluding hydrogens is 408 g/mol. The lowest BCUT2D eigenvalue weighted by Gasteiger charge is -2.25. The molecular formula is C24H24N4O4. The first-order valence-electron chi connectivity index (χ1n) is 10.4. The van der Waals surface area contributed by atoms with E-state index in [9.17, 15) is 14.4 Å². The normalized spacial score (nSPS) is 18.0. The average Bonchev–Trinajstić information content (AvgIpc) is 3.26. The van der Waals surface area contributed by atoms with Crippen LogP contribution in [0.4, 0.5) is 10.5 Å². The third-order valence-corrected chi connectivity index (χ3v) is 5.79. The third-order valence-electron chi connectivity index (χ3n) is 5.79. The van der Waals surface area contributed by atoms with Crippen molar-refractivity contribution >= 4 is 23.5 Å². The molecule has 4 amide bonds. The predicted molar refractivity (Wildman–Crippen MR) is 118 cm³/mol. The minimum atomic E-state index is -1.05. The number of amides is 4. The minimum Gasteiger partial charge on any atom is -0.361 e. The SMILES string of the molecule is CCC1(c2ccccc2)NC(=O)N(Cc2ccc(NC(=O)c3c(C)noc3C)cc2)C1=O. The number of anilines is 1. The van der Waals surface area contributed by atoms with Crippen LogP contribution in [0.1, 0.15) is 46.3 Å². The molecule has 0 bridgehead atoms. The van der Waals surface area contributed by atoms with Crippen molar-refractivity contribution in [3.8, 4) is 0 Å². The smallest absolute Gasteiger partial charge is 0.325 e. The summed E-state index contributed by atoms with van der Waals surface area (Å²) in [5.41, 5.74) is 1.99. The Labute approximate surface area is 185 Å². The monoisotopic (exact) mass is 432 g/mol. The molecule has 1 aromatic heterocycles. The van der Waals surface area contributed by atoms with E-state index in [4.69, 9.17) is 4.52 Å². The van der Waals surface area contributed by atoms with Gasteiger partial charge in [-0.05, 0) is 43.5 Å². The average molecular weight is 432 g/mol. The van der Waals surface area contributed by atoms with Crippen molar-refractivity contribution in [3.63, 3.8) is 0 Å². The number of imide groups is 1. The highest BCUT2D eigenvalue weighted by Gasteiger charge is 2.51. The summed E-state index contributed by atoms with van der Waals surface area (Å²) in [6.45, 7) is 5.41. The van der Waals surface area contributed by atoms with Gasteiger partial charge in [-0.15, -0.1) is 0 Å². The number of aryl methyl sites for hydroxylation is 2. The van der Waals surface area contributed by atoms with Gasteiger partial charge in [0.1, 0.15) is 16.9 Å².